The molecule has 1 aromatic carbocycles. The number of alkyl halides is 3. The number of fused-ring (bicyclic) bond motifs is 1. The summed E-state index contributed by atoms with van der Waals surface area (Å²) in [5.41, 5.74) is -0.404. The number of halogens is 3. The summed E-state index contributed by atoms with van der Waals surface area (Å²) in [4.78, 5) is 10.8. The van der Waals surface area contributed by atoms with E-state index in [1.165, 1.54) is 19.1 Å². The molecule has 0 fully saturated rings. The van der Waals surface area contributed by atoms with Gasteiger partial charge in [0.1, 0.15) is 4.88 Å². The summed E-state index contributed by atoms with van der Waals surface area (Å²) < 4.78 is 38.1. The van der Waals surface area contributed by atoms with Gasteiger partial charge in [-0.3, -0.25) is 0 Å². The van der Waals surface area contributed by atoms with E-state index >= 15 is 0 Å². The number of aryl methyl sites for hydroxylation is 1. The Hall–Kier alpha value is -1.56. The fourth-order valence-electron chi connectivity index (χ4n) is 1.67. The first-order valence-corrected chi connectivity index (χ1v) is 5.46. The van der Waals surface area contributed by atoms with Gasteiger partial charge in [-0.05, 0) is 23.9 Å². The standard InChI is InChI=1S/C11H7F3O2S/c1-5-6-3-2-4-7(11(12,13)14)9(6)17-8(5)10(15)16/h2-4H,1H3,(H,15,16). The van der Waals surface area contributed by atoms with Gasteiger partial charge in [-0.1, -0.05) is 12.1 Å². The van der Waals surface area contributed by atoms with E-state index < -0.39 is 17.7 Å². The van der Waals surface area contributed by atoms with Crippen LogP contribution in [-0.2, 0) is 6.18 Å². The smallest absolute Gasteiger partial charge is 0.417 e. The van der Waals surface area contributed by atoms with Crippen molar-refractivity contribution < 1.29 is 23.1 Å². The molecule has 2 rings (SSSR count). The number of aromatic carboxylic acids is 1. The van der Waals surface area contributed by atoms with Crippen LogP contribution in [0, 0.1) is 6.92 Å². The van der Waals surface area contributed by atoms with Gasteiger partial charge in [0.05, 0.1) is 5.56 Å². The summed E-state index contributed by atoms with van der Waals surface area (Å²) in [5, 5.41) is 9.24. The molecule has 1 N–H and O–H groups in total. The molecule has 0 aliphatic rings. The molecule has 0 unspecified atom stereocenters. The number of rotatable bonds is 1. The number of carboxylic acid groups (broad SMARTS) is 1. The second-order valence-corrected chi connectivity index (χ2v) is 4.56. The van der Waals surface area contributed by atoms with Crippen molar-refractivity contribution in [3.63, 3.8) is 0 Å². The quantitative estimate of drug-likeness (QED) is 0.843. The number of carboxylic acids is 1. The van der Waals surface area contributed by atoms with Crippen LogP contribution in [0.2, 0.25) is 0 Å². The minimum Gasteiger partial charge on any atom is -0.477 e. The van der Waals surface area contributed by atoms with E-state index in [0.717, 1.165) is 6.07 Å². The maximum Gasteiger partial charge on any atom is 0.417 e. The zero-order chi connectivity index (χ0) is 12.8. The average molecular weight is 260 g/mol. The molecule has 0 aliphatic carbocycles. The third kappa shape index (κ3) is 1.88. The Kier molecular flexibility index (Phi) is 2.61. The largest absolute Gasteiger partial charge is 0.477 e. The molecule has 2 nitrogen and oxygen atoms in total. The third-order valence-electron chi connectivity index (χ3n) is 2.46. The topological polar surface area (TPSA) is 37.3 Å². The lowest BCUT2D eigenvalue weighted by molar-refractivity contribution is -0.136. The average Bonchev–Trinajstić information content (AvgIpc) is 2.55. The minimum atomic E-state index is -4.47. The van der Waals surface area contributed by atoms with E-state index in [2.05, 4.69) is 0 Å². The Labute approximate surface area is 98.3 Å². The summed E-state index contributed by atoms with van der Waals surface area (Å²) in [6, 6.07) is 3.75. The summed E-state index contributed by atoms with van der Waals surface area (Å²) in [6.07, 6.45) is -4.47. The monoisotopic (exact) mass is 260 g/mol. The van der Waals surface area contributed by atoms with Gasteiger partial charge >= 0.3 is 12.1 Å². The molecule has 0 saturated carbocycles. The Morgan fingerprint density at radius 1 is 1.35 bits per heavy atom. The molecule has 0 saturated heterocycles. The number of benzene rings is 1. The summed E-state index contributed by atoms with van der Waals surface area (Å²) in [7, 11) is 0. The molecule has 1 aromatic heterocycles. The number of carbonyl (C=O) groups is 1. The minimum absolute atomic E-state index is 0.0186. The lowest BCUT2D eigenvalue weighted by Crippen LogP contribution is -2.04. The highest BCUT2D eigenvalue weighted by Crippen LogP contribution is 2.40. The first-order valence-electron chi connectivity index (χ1n) is 4.65. The van der Waals surface area contributed by atoms with Crippen LogP contribution >= 0.6 is 11.3 Å². The first-order chi connectivity index (χ1) is 7.82. The first kappa shape index (κ1) is 11.9. The molecule has 0 bridgehead atoms. The predicted octanol–water partition coefficient (Wildman–Crippen LogP) is 3.93. The van der Waals surface area contributed by atoms with Gasteiger partial charge < -0.3 is 5.11 Å². The molecule has 1 heterocycles. The van der Waals surface area contributed by atoms with Gasteiger partial charge in [-0.25, -0.2) is 4.79 Å². The molecule has 0 radical (unpaired) electrons. The molecule has 0 spiro atoms. The summed E-state index contributed by atoms with van der Waals surface area (Å²) >= 11 is 0.666. The van der Waals surface area contributed by atoms with Crippen LogP contribution in [0.15, 0.2) is 18.2 Å². The molecule has 17 heavy (non-hydrogen) atoms. The van der Waals surface area contributed by atoms with E-state index in [4.69, 9.17) is 5.11 Å². The van der Waals surface area contributed by atoms with E-state index in [9.17, 15) is 18.0 Å². The molecular formula is C11H7F3O2S. The lowest BCUT2D eigenvalue weighted by atomic mass is 10.1. The van der Waals surface area contributed by atoms with Gasteiger partial charge in [0, 0.05) is 4.70 Å². The normalized spacial score (nSPS) is 12.0. The second-order valence-electron chi connectivity index (χ2n) is 3.54. The van der Waals surface area contributed by atoms with E-state index in [1.54, 1.807) is 0 Å². The fraction of sp³-hybridized carbons (Fsp3) is 0.182. The van der Waals surface area contributed by atoms with E-state index in [-0.39, 0.29) is 9.58 Å². The van der Waals surface area contributed by atoms with Crippen LogP contribution in [0.4, 0.5) is 13.2 Å². The van der Waals surface area contributed by atoms with Crippen molar-refractivity contribution in [2.24, 2.45) is 0 Å². The number of hydrogen-bond acceptors (Lipinski definition) is 2. The van der Waals surface area contributed by atoms with Crippen molar-refractivity contribution in [2.75, 3.05) is 0 Å². The van der Waals surface area contributed by atoms with Crippen molar-refractivity contribution in [3.8, 4) is 0 Å². The Morgan fingerprint density at radius 2 is 2.00 bits per heavy atom. The maximum absolute atomic E-state index is 12.7. The van der Waals surface area contributed by atoms with Crippen molar-refractivity contribution in [1.82, 2.24) is 0 Å². The van der Waals surface area contributed by atoms with Crippen LogP contribution in [0.3, 0.4) is 0 Å². The molecule has 0 atom stereocenters. The second kappa shape index (κ2) is 3.73. The SMILES string of the molecule is Cc1c(C(=O)O)sc2c(C(F)(F)F)cccc12. The van der Waals surface area contributed by atoms with Crippen molar-refractivity contribution in [3.05, 3.63) is 34.2 Å². The molecule has 2 aromatic rings. The zero-order valence-corrected chi connectivity index (χ0v) is 9.45. The van der Waals surface area contributed by atoms with Crippen LogP contribution in [0.25, 0.3) is 10.1 Å². The molecule has 0 aliphatic heterocycles. The zero-order valence-electron chi connectivity index (χ0n) is 8.63. The van der Waals surface area contributed by atoms with E-state index in [1.807, 2.05) is 0 Å². The lowest BCUT2D eigenvalue weighted by Gasteiger charge is -2.07. The van der Waals surface area contributed by atoms with Crippen molar-refractivity contribution in [1.29, 1.82) is 0 Å². The highest BCUT2D eigenvalue weighted by Gasteiger charge is 2.34. The van der Waals surface area contributed by atoms with Gasteiger partial charge in [-0.2, -0.15) is 13.2 Å². The summed E-state index contributed by atoms with van der Waals surface area (Å²) in [6.45, 7) is 1.52. The van der Waals surface area contributed by atoms with Crippen LogP contribution in [0.5, 0.6) is 0 Å². The van der Waals surface area contributed by atoms with Gasteiger partial charge in [-0.15, -0.1) is 11.3 Å². The van der Waals surface area contributed by atoms with Gasteiger partial charge in [0.25, 0.3) is 0 Å². The number of thiophene rings is 1. The van der Waals surface area contributed by atoms with Crippen LogP contribution in [-0.4, -0.2) is 11.1 Å². The van der Waals surface area contributed by atoms with Gasteiger partial charge in [0.15, 0.2) is 0 Å². The molecule has 0 amide bonds. The number of hydrogen-bond donors (Lipinski definition) is 1. The van der Waals surface area contributed by atoms with Crippen LogP contribution in [0.1, 0.15) is 20.8 Å². The van der Waals surface area contributed by atoms with Gasteiger partial charge in [0.2, 0.25) is 0 Å². The molecule has 6 heteroatoms. The molecule has 90 valence electrons. The maximum atomic E-state index is 12.7. The highest BCUT2D eigenvalue weighted by atomic mass is 32.1. The fourth-order valence-corrected chi connectivity index (χ4v) is 2.85. The van der Waals surface area contributed by atoms with Crippen LogP contribution < -0.4 is 0 Å². The summed E-state index contributed by atoms with van der Waals surface area (Å²) in [5.74, 6) is -1.20. The van der Waals surface area contributed by atoms with Crippen molar-refractivity contribution >= 4 is 27.4 Å². The molecular weight excluding hydrogens is 253 g/mol. The van der Waals surface area contributed by atoms with Crippen molar-refractivity contribution in [2.45, 2.75) is 13.1 Å². The Balaban J connectivity index is 2.83. The Bertz CT molecular complexity index is 599. The van der Waals surface area contributed by atoms with E-state index in [0.29, 0.717) is 22.3 Å². The predicted molar refractivity (Wildman–Crippen MR) is 58.5 cm³/mol. The Morgan fingerprint density at radius 3 is 2.53 bits per heavy atom. The third-order valence-corrected chi connectivity index (χ3v) is 3.79. The highest BCUT2D eigenvalue weighted by molar-refractivity contribution is 7.21.